The van der Waals surface area contributed by atoms with Crippen LogP contribution in [0, 0.1) is 6.92 Å². The minimum absolute atomic E-state index is 0.0154. The van der Waals surface area contributed by atoms with Gasteiger partial charge in [-0.1, -0.05) is 34.9 Å². The minimum atomic E-state index is -3.78. The number of nitrogens with one attached hydrogen (secondary N) is 1. The van der Waals surface area contributed by atoms with E-state index in [-0.39, 0.29) is 11.6 Å². The second-order valence-electron chi connectivity index (χ2n) is 7.02. The van der Waals surface area contributed by atoms with Crippen LogP contribution in [0.3, 0.4) is 0 Å². The molecule has 0 unspecified atom stereocenters. The summed E-state index contributed by atoms with van der Waals surface area (Å²) in [5.41, 5.74) is 1.00. The molecule has 2 aromatic rings. The number of benzene rings is 1. The van der Waals surface area contributed by atoms with Crippen molar-refractivity contribution < 1.29 is 22.4 Å². The van der Waals surface area contributed by atoms with Gasteiger partial charge in [0.2, 0.25) is 15.7 Å². The molecule has 1 amide bonds. The number of nitrogens with zero attached hydrogens (tertiary/aromatic N) is 2. The number of rotatable bonds is 5. The number of ether oxygens (including phenoxy) is 1. The van der Waals surface area contributed by atoms with Crippen LogP contribution in [-0.4, -0.2) is 30.3 Å². The van der Waals surface area contributed by atoms with E-state index in [1.165, 1.54) is 0 Å². The van der Waals surface area contributed by atoms with Crippen LogP contribution in [0.2, 0.25) is 0 Å². The molecule has 0 radical (unpaired) electrons. The first-order valence-electron chi connectivity index (χ1n) is 8.07. The molecule has 142 valence electrons. The highest BCUT2D eigenvalue weighted by molar-refractivity contribution is 7.90. The van der Waals surface area contributed by atoms with Crippen LogP contribution in [0.15, 0.2) is 33.9 Å². The summed E-state index contributed by atoms with van der Waals surface area (Å²) >= 11 is 0. The van der Waals surface area contributed by atoms with Gasteiger partial charge in [-0.05, 0) is 40.2 Å². The highest BCUT2D eigenvalue weighted by Gasteiger charge is 2.26. The molecule has 0 saturated heterocycles. The fourth-order valence-electron chi connectivity index (χ4n) is 2.03. The van der Waals surface area contributed by atoms with Crippen molar-refractivity contribution in [3.05, 3.63) is 41.3 Å². The Balaban J connectivity index is 2.07. The fraction of sp³-hybridized carbons (Fsp3) is 0.471. The number of aromatic nitrogens is 2. The lowest BCUT2D eigenvalue weighted by molar-refractivity contribution is 0.0500. The first kappa shape index (κ1) is 19.9. The monoisotopic (exact) mass is 381 g/mol. The Hall–Kier alpha value is -2.42. The zero-order chi connectivity index (χ0) is 19.5. The SMILES string of the molecule is Cc1ccc(CS(=O)(=O)c2nnc([C@H](C)NC(=O)OC(C)(C)C)o2)cc1. The maximum absolute atomic E-state index is 12.4. The van der Waals surface area contributed by atoms with Gasteiger partial charge < -0.3 is 14.5 Å². The lowest BCUT2D eigenvalue weighted by Gasteiger charge is -2.20. The molecule has 1 aromatic carbocycles. The van der Waals surface area contributed by atoms with Gasteiger partial charge >= 0.3 is 11.3 Å². The van der Waals surface area contributed by atoms with Crippen LogP contribution in [0.4, 0.5) is 4.79 Å². The van der Waals surface area contributed by atoms with E-state index in [1.54, 1.807) is 39.8 Å². The average molecular weight is 381 g/mol. The second-order valence-corrected chi connectivity index (χ2v) is 8.89. The maximum Gasteiger partial charge on any atom is 0.408 e. The van der Waals surface area contributed by atoms with Crippen molar-refractivity contribution in [1.82, 2.24) is 15.5 Å². The molecule has 1 atom stereocenters. The number of hydrogen-bond donors (Lipinski definition) is 1. The standard InChI is InChI=1S/C17H23N3O5S/c1-11-6-8-13(9-7-11)10-26(22,23)16-20-19-14(24-16)12(2)18-15(21)25-17(3,4)5/h6-9,12H,10H2,1-5H3,(H,18,21)/t12-/m0/s1. The number of alkyl carbamates (subject to hydrolysis) is 1. The number of carbonyl (C=O) groups is 1. The van der Waals surface area contributed by atoms with Crippen LogP contribution in [0.5, 0.6) is 0 Å². The van der Waals surface area contributed by atoms with E-state index in [4.69, 9.17) is 9.15 Å². The van der Waals surface area contributed by atoms with E-state index in [1.807, 2.05) is 19.1 Å². The van der Waals surface area contributed by atoms with Crippen LogP contribution in [-0.2, 0) is 20.3 Å². The Bertz CT molecular complexity index is 867. The molecule has 0 saturated carbocycles. The van der Waals surface area contributed by atoms with Crippen LogP contribution >= 0.6 is 0 Å². The van der Waals surface area contributed by atoms with E-state index in [2.05, 4.69) is 15.5 Å². The third-order valence-corrected chi connectivity index (χ3v) is 4.68. The van der Waals surface area contributed by atoms with E-state index in [0.717, 1.165) is 5.56 Å². The Morgan fingerprint density at radius 1 is 1.23 bits per heavy atom. The highest BCUT2D eigenvalue weighted by atomic mass is 32.2. The highest BCUT2D eigenvalue weighted by Crippen LogP contribution is 2.19. The number of amides is 1. The molecule has 0 bridgehead atoms. The van der Waals surface area contributed by atoms with Crippen molar-refractivity contribution in [1.29, 1.82) is 0 Å². The second kappa shape index (κ2) is 7.45. The molecule has 1 N–H and O–H groups in total. The number of hydrogen-bond acceptors (Lipinski definition) is 7. The van der Waals surface area contributed by atoms with E-state index in [9.17, 15) is 13.2 Å². The predicted octanol–water partition coefficient (Wildman–Crippen LogP) is 2.94. The van der Waals surface area contributed by atoms with Crippen LogP contribution in [0.25, 0.3) is 0 Å². The Kier molecular flexibility index (Phi) is 5.70. The van der Waals surface area contributed by atoms with Gasteiger partial charge in [-0.25, -0.2) is 13.2 Å². The molecular formula is C17H23N3O5S. The third-order valence-electron chi connectivity index (χ3n) is 3.27. The molecule has 8 nitrogen and oxygen atoms in total. The molecule has 0 spiro atoms. The molecule has 2 rings (SSSR count). The van der Waals surface area contributed by atoms with Gasteiger partial charge in [0.15, 0.2) is 0 Å². The smallest absolute Gasteiger partial charge is 0.408 e. The van der Waals surface area contributed by atoms with Crippen molar-refractivity contribution in [2.75, 3.05) is 0 Å². The summed E-state index contributed by atoms with van der Waals surface area (Å²) in [6.07, 6.45) is -0.660. The first-order chi connectivity index (χ1) is 12.0. The topological polar surface area (TPSA) is 111 Å². The summed E-state index contributed by atoms with van der Waals surface area (Å²) in [7, 11) is -3.78. The molecule has 1 heterocycles. The van der Waals surface area contributed by atoms with Gasteiger partial charge in [0.1, 0.15) is 11.6 Å². The Labute approximate surface area is 152 Å². The predicted molar refractivity (Wildman–Crippen MR) is 94.2 cm³/mol. The van der Waals surface area contributed by atoms with E-state index < -0.39 is 32.8 Å². The van der Waals surface area contributed by atoms with Crippen molar-refractivity contribution in [2.24, 2.45) is 0 Å². The van der Waals surface area contributed by atoms with Crippen molar-refractivity contribution >= 4 is 15.9 Å². The quantitative estimate of drug-likeness (QED) is 0.847. The number of aryl methyl sites for hydroxylation is 1. The van der Waals surface area contributed by atoms with Gasteiger partial charge in [-0.3, -0.25) is 0 Å². The zero-order valence-electron chi connectivity index (χ0n) is 15.4. The van der Waals surface area contributed by atoms with E-state index >= 15 is 0 Å². The summed E-state index contributed by atoms with van der Waals surface area (Å²) in [6.45, 7) is 8.72. The molecule has 0 aliphatic carbocycles. The van der Waals surface area contributed by atoms with Crippen LogP contribution < -0.4 is 5.32 Å². The normalized spacial score (nSPS) is 13.3. The lowest BCUT2D eigenvalue weighted by atomic mass is 10.2. The number of carbonyl (C=O) groups excluding carboxylic acids is 1. The van der Waals surface area contributed by atoms with E-state index in [0.29, 0.717) is 5.56 Å². The average Bonchev–Trinajstić information content (AvgIpc) is 2.98. The molecule has 1 aromatic heterocycles. The summed E-state index contributed by atoms with van der Waals surface area (Å²) in [5, 5.41) is 9.37. The zero-order valence-corrected chi connectivity index (χ0v) is 16.3. The third kappa shape index (κ3) is 5.55. The van der Waals surface area contributed by atoms with Gasteiger partial charge in [0.25, 0.3) is 0 Å². The molecular weight excluding hydrogens is 358 g/mol. The summed E-state index contributed by atoms with van der Waals surface area (Å²) in [6, 6.07) is 6.43. The molecule has 0 aliphatic rings. The fourth-order valence-corrected chi connectivity index (χ4v) is 3.16. The molecule has 26 heavy (non-hydrogen) atoms. The van der Waals surface area contributed by atoms with Gasteiger partial charge in [-0.2, -0.15) is 0 Å². The summed E-state index contributed by atoms with van der Waals surface area (Å²) in [4.78, 5) is 11.8. The lowest BCUT2D eigenvalue weighted by Crippen LogP contribution is -2.34. The molecule has 0 fully saturated rings. The number of sulfone groups is 1. The Morgan fingerprint density at radius 3 is 2.42 bits per heavy atom. The molecule has 9 heteroatoms. The summed E-state index contributed by atoms with van der Waals surface area (Å²) in [5.74, 6) is -0.263. The maximum atomic E-state index is 12.4. The van der Waals surface area contributed by atoms with Gasteiger partial charge in [0, 0.05) is 0 Å². The van der Waals surface area contributed by atoms with Crippen LogP contribution in [0.1, 0.15) is 50.8 Å². The first-order valence-corrected chi connectivity index (χ1v) is 9.73. The van der Waals surface area contributed by atoms with Gasteiger partial charge in [-0.15, -0.1) is 5.10 Å². The largest absolute Gasteiger partial charge is 0.444 e. The van der Waals surface area contributed by atoms with Crippen molar-refractivity contribution in [3.63, 3.8) is 0 Å². The van der Waals surface area contributed by atoms with Crippen molar-refractivity contribution in [2.45, 2.75) is 57.2 Å². The minimum Gasteiger partial charge on any atom is -0.444 e. The van der Waals surface area contributed by atoms with Gasteiger partial charge in [0.05, 0.1) is 5.75 Å². The molecule has 0 aliphatic heterocycles. The summed E-state index contributed by atoms with van der Waals surface area (Å²) < 4.78 is 35.2. The Morgan fingerprint density at radius 2 is 1.85 bits per heavy atom. The van der Waals surface area contributed by atoms with Crippen molar-refractivity contribution in [3.8, 4) is 0 Å².